The SMILES string of the molecule is COc1nc(NN)nc(Nc2cc(F)cc(Cl)c2)n1. The molecule has 0 atom stereocenters. The van der Waals surface area contributed by atoms with Crippen molar-refractivity contribution >= 4 is 29.2 Å². The molecule has 0 fully saturated rings. The summed E-state index contributed by atoms with van der Waals surface area (Å²) in [6.45, 7) is 0. The average Bonchev–Trinajstić information content (AvgIpc) is 2.37. The number of benzene rings is 1. The lowest BCUT2D eigenvalue weighted by molar-refractivity contribution is 0.379. The second-order valence-corrected chi connectivity index (χ2v) is 3.83. The summed E-state index contributed by atoms with van der Waals surface area (Å²) in [7, 11) is 1.40. The van der Waals surface area contributed by atoms with Gasteiger partial charge in [-0.05, 0) is 18.2 Å². The molecule has 0 aliphatic heterocycles. The smallest absolute Gasteiger partial charge is 0.322 e. The zero-order valence-corrected chi connectivity index (χ0v) is 10.6. The van der Waals surface area contributed by atoms with E-state index in [1.807, 2.05) is 0 Å². The van der Waals surface area contributed by atoms with Gasteiger partial charge in [-0.25, -0.2) is 10.2 Å². The van der Waals surface area contributed by atoms with Gasteiger partial charge in [0.2, 0.25) is 11.9 Å². The van der Waals surface area contributed by atoms with E-state index in [-0.39, 0.29) is 22.9 Å². The zero-order valence-electron chi connectivity index (χ0n) is 9.82. The minimum Gasteiger partial charge on any atom is -0.467 e. The van der Waals surface area contributed by atoms with Crippen molar-refractivity contribution in [3.8, 4) is 6.01 Å². The fourth-order valence-electron chi connectivity index (χ4n) is 1.32. The topological polar surface area (TPSA) is 98.0 Å². The highest BCUT2D eigenvalue weighted by molar-refractivity contribution is 6.30. The Hall–Kier alpha value is -2.19. The summed E-state index contributed by atoms with van der Waals surface area (Å²) in [5.74, 6) is 4.99. The van der Waals surface area contributed by atoms with Crippen LogP contribution in [0.3, 0.4) is 0 Å². The third-order valence-corrected chi connectivity index (χ3v) is 2.26. The van der Waals surface area contributed by atoms with Crippen LogP contribution in [0.5, 0.6) is 6.01 Å². The van der Waals surface area contributed by atoms with E-state index in [0.717, 1.165) is 0 Å². The summed E-state index contributed by atoms with van der Waals surface area (Å²) in [4.78, 5) is 11.7. The number of hydrogen-bond acceptors (Lipinski definition) is 7. The fraction of sp³-hybridized carbons (Fsp3) is 0.100. The second-order valence-electron chi connectivity index (χ2n) is 3.40. The number of nitrogen functional groups attached to an aromatic ring is 1. The summed E-state index contributed by atoms with van der Waals surface area (Å²) in [6, 6.07) is 4.02. The molecule has 1 heterocycles. The Kier molecular flexibility index (Phi) is 3.93. The first kappa shape index (κ1) is 13.2. The Morgan fingerprint density at radius 3 is 2.58 bits per heavy atom. The standard InChI is InChI=1S/C10H10ClFN6O/c1-19-10-16-8(15-9(17-10)18-13)14-7-3-5(11)2-6(12)4-7/h2-4H,13H2,1H3,(H2,14,15,16,17,18). The van der Waals surface area contributed by atoms with E-state index in [2.05, 4.69) is 25.7 Å². The minimum atomic E-state index is -0.479. The highest BCUT2D eigenvalue weighted by Crippen LogP contribution is 2.21. The number of aromatic nitrogens is 3. The number of hydrazine groups is 1. The van der Waals surface area contributed by atoms with E-state index in [4.69, 9.17) is 22.2 Å². The molecule has 0 spiro atoms. The van der Waals surface area contributed by atoms with Crippen LogP contribution in [0.1, 0.15) is 0 Å². The molecule has 0 bridgehead atoms. The molecule has 1 aromatic carbocycles. The average molecular weight is 285 g/mol. The lowest BCUT2D eigenvalue weighted by atomic mass is 10.3. The van der Waals surface area contributed by atoms with Crippen LogP contribution >= 0.6 is 11.6 Å². The number of halogens is 2. The molecule has 0 unspecified atom stereocenters. The number of nitrogens with one attached hydrogen (secondary N) is 2. The molecule has 0 saturated heterocycles. The molecule has 0 amide bonds. The third kappa shape index (κ3) is 3.39. The molecule has 0 aliphatic rings. The summed E-state index contributed by atoms with van der Waals surface area (Å²) in [5.41, 5.74) is 2.66. The number of ether oxygens (including phenoxy) is 1. The maximum Gasteiger partial charge on any atom is 0.322 e. The van der Waals surface area contributed by atoms with Gasteiger partial charge in [0, 0.05) is 10.7 Å². The lowest BCUT2D eigenvalue weighted by Gasteiger charge is -2.08. The molecule has 2 aromatic rings. The van der Waals surface area contributed by atoms with Crippen LogP contribution < -0.4 is 21.3 Å². The highest BCUT2D eigenvalue weighted by atomic mass is 35.5. The first-order valence-corrected chi connectivity index (χ1v) is 5.48. The van der Waals surface area contributed by atoms with E-state index >= 15 is 0 Å². The molecule has 0 aliphatic carbocycles. The van der Waals surface area contributed by atoms with Gasteiger partial charge in [-0.15, -0.1) is 0 Å². The monoisotopic (exact) mass is 284 g/mol. The number of nitrogens with zero attached hydrogens (tertiary/aromatic N) is 3. The molecule has 1 aromatic heterocycles. The van der Waals surface area contributed by atoms with Gasteiger partial charge in [-0.3, -0.25) is 5.43 Å². The van der Waals surface area contributed by atoms with Crippen LogP contribution in [0.15, 0.2) is 18.2 Å². The molecule has 7 nitrogen and oxygen atoms in total. The van der Waals surface area contributed by atoms with Crippen LogP contribution in [-0.4, -0.2) is 22.1 Å². The van der Waals surface area contributed by atoms with E-state index in [9.17, 15) is 4.39 Å². The maximum atomic E-state index is 13.2. The minimum absolute atomic E-state index is 0.0629. The van der Waals surface area contributed by atoms with Gasteiger partial charge in [-0.2, -0.15) is 15.0 Å². The van der Waals surface area contributed by atoms with Crippen LogP contribution in [0.25, 0.3) is 0 Å². The summed E-state index contributed by atoms with van der Waals surface area (Å²) >= 11 is 5.74. The largest absolute Gasteiger partial charge is 0.467 e. The Morgan fingerprint density at radius 1 is 1.21 bits per heavy atom. The third-order valence-electron chi connectivity index (χ3n) is 2.05. The fourth-order valence-corrected chi connectivity index (χ4v) is 1.55. The van der Waals surface area contributed by atoms with Crippen molar-refractivity contribution < 1.29 is 9.13 Å². The summed E-state index contributed by atoms with van der Waals surface area (Å²) < 4.78 is 18.1. The van der Waals surface area contributed by atoms with Crippen molar-refractivity contribution in [3.63, 3.8) is 0 Å². The molecular weight excluding hydrogens is 275 g/mol. The molecule has 0 saturated carbocycles. The van der Waals surface area contributed by atoms with Crippen molar-refractivity contribution in [1.82, 2.24) is 15.0 Å². The van der Waals surface area contributed by atoms with E-state index in [1.165, 1.54) is 25.3 Å². The second kappa shape index (κ2) is 5.63. The van der Waals surface area contributed by atoms with Crippen molar-refractivity contribution in [2.24, 2.45) is 5.84 Å². The predicted molar refractivity (Wildman–Crippen MR) is 68.9 cm³/mol. The van der Waals surface area contributed by atoms with Gasteiger partial charge in [-0.1, -0.05) is 11.6 Å². The molecule has 0 radical (unpaired) electrons. The highest BCUT2D eigenvalue weighted by Gasteiger charge is 2.07. The predicted octanol–water partition coefficient (Wildman–Crippen LogP) is 1.70. The maximum absolute atomic E-state index is 13.2. The number of nitrogens with two attached hydrogens (primary N) is 1. The van der Waals surface area contributed by atoms with Crippen molar-refractivity contribution in [2.45, 2.75) is 0 Å². The van der Waals surface area contributed by atoms with Gasteiger partial charge in [0.15, 0.2) is 0 Å². The van der Waals surface area contributed by atoms with Gasteiger partial charge >= 0.3 is 6.01 Å². The van der Waals surface area contributed by atoms with Gasteiger partial charge in [0.05, 0.1) is 7.11 Å². The number of methoxy groups -OCH3 is 1. The molecule has 2 rings (SSSR count). The zero-order chi connectivity index (χ0) is 13.8. The first-order valence-electron chi connectivity index (χ1n) is 5.10. The quantitative estimate of drug-likeness (QED) is 0.580. The van der Waals surface area contributed by atoms with Crippen LogP contribution in [0.4, 0.5) is 22.0 Å². The van der Waals surface area contributed by atoms with Gasteiger partial charge < -0.3 is 10.1 Å². The van der Waals surface area contributed by atoms with Crippen LogP contribution in [-0.2, 0) is 0 Å². The van der Waals surface area contributed by atoms with Gasteiger partial charge in [0.25, 0.3) is 0 Å². The Bertz CT molecular complexity index is 554. The molecule has 9 heteroatoms. The normalized spacial score (nSPS) is 10.1. The van der Waals surface area contributed by atoms with Crippen LogP contribution in [0, 0.1) is 5.82 Å². The lowest BCUT2D eigenvalue weighted by Crippen LogP contribution is -2.13. The molecule has 100 valence electrons. The molecule has 4 N–H and O–H groups in total. The van der Waals surface area contributed by atoms with Crippen molar-refractivity contribution in [3.05, 3.63) is 29.0 Å². The summed E-state index contributed by atoms with van der Waals surface area (Å²) in [5, 5.41) is 3.02. The Balaban J connectivity index is 2.31. The molecular formula is C10H10ClFN6O. The number of hydrogen-bond donors (Lipinski definition) is 3. The Morgan fingerprint density at radius 2 is 1.95 bits per heavy atom. The van der Waals surface area contributed by atoms with Gasteiger partial charge in [0.1, 0.15) is 5.82 Å². The van der Waals surface area contributed by atoms with Crippen molar-refractivity contribution in [1.29, 1.82) is 0 Å². The molecule has 19 heavy (non-hydrogen) atoms. The summed E-state index contributed by atoms with van der Waals surface area (Å²) in [6.07, 6.45) is 0. The van der Waals surface area contributed by atoms with Crippen LogP contribution in [0.2, 0.25) is 5.02 Å². The number of anilines is 3. The Labute approximate surface area is 113 Å². The van der Waals surface area contributed by atoms with E-state index in [0.29, 0.717) is 5.69 Å². The number of rotatable bonds is 4. The van der Waals surface area contributed by atoms with E-state index < -0.39 is 5.82 Å². The van der Waals surface area contributed by atoms with Crippen molar-refractivity contribution in [2.75, 3.05) is 17.9 Å². The first-order chi connectivity index (χ1) is 9.10. The van der Waals surface area contributed by atoms with E-state index in [1.54, 1.807) is 0 Å².